The molecule has 5 nitrogen and oxygen atoms in total. The maximum absolute atomic E-state index is 11.3. The van der Waals surface area contributed by atoms with Crippen molar-refractivity contribution in [2.45, 2.75) is 6.92 Å². The van der Waals surface area contributed by atoms with E-state index in [-0.39, 0.29) is 12.5 Å². The van der Waals surface area contributed by atoms with Crippen LogP contribution in [0, 0.1) is 11.8 Å². The van der Waals surface area contributed by atoms with Crippen LogP contribution in [0.15, 0.2) is 18.2 Å². The van der Waals surface area contributed by atoms with Gasteiger partial charge in [0.25, 0.3) is 0 Å². The van der Waals surface area contributed by atoms with Gasteiger partial charge in [-0.05, 0) is 18.2 Å². The average molecular weight is 246 g/mol. The van der Waals surface area contributed by atoms with Crippen LogP contribution in [0.1, 0.15) is 22.8 Å². The van der Waals surface area contributed by atoms with Gasteiger partial charge in [-0.2, -0.15) is 0 Å². The molecule has 0 heterocycles. The van der Waals surface area contributed by atoms with Crippen molar-refractivity contribution in [2.24, 2.45) is 5.73 Å². The van der Waals surface area contributed by atoms with Gasteiger partial charge in [-0.3, -0.25) is 9.59 Å². The quantitative estimate of drug-likeness (QED) is 0.752. The molecule has 0 aliphatic carbocycles. The van der Waals surface area contributed by atoms with Gasteiger partial charge >= 0.3 is 0 Å². The number of carbonyl (C=O) groups is 2. The smallest absolute Gasteiger partial charge is 0.250 e. The second kappa shape index (κ2) is 6.30. The Labute approximate surface area is 105 Å². The summed E-state index contributed by atoms with van der Waals surface area (Å²) in [6.45, 7) is 1.63. The summed E-state index contributed by atoms with van der Waals surface area (Å²) in [6.07, 6.45) is 0. The number of methoxy groups -OCH3 is 1. The van der Waals surface area contributed by atoms with Crippen molar-refractivity contribution in [3.8, 4) is 17.6 Å². The minimum Gasteiger partial charge on any atom is -0.497 e. The van der Waals surface area contributed by atoms with Gasteiger partial charge < -0.3 is 15.8 Å². The van der Waals surface area contributed by atoms with E-state index in [9.17, 15) is 9.59 Å². The van der Waals surface area contributed by atoms with Gasteiger partial charge in [-0.1, -0.05) is 11.8 Å². The lowest BCUT2D eigenvalue weighted by atomic mass is 10.1. The van der Waals surface area contributed by atoms with Crippen LogP contribution in [0.5, 0.6) is 5.75 Å². The molecule has 0 aromatic heterocycles. The van der Waals surface area contributed by atoms with Gasteiger partial charge in [0.2, 0.25) is 11.8 Å². The molecular formula is C13H14N2O3. The number of primary amides is 1. The van der Waals surface area contributed by atoms with Crippen LogP contribution in [0.4, 0.5) is 0 Å². The summed E-state index contributed by atoms with van der Waals surface area (Å²) in [4.78, 5) is 21.9. The Balaban J connectivity index is 2.94. The van der Waals surface area contributed by atoms with Crippen LogP contribution in [0.25, 0.3) is 0 Å². The highest BCUT2D eigenvalue weighted by molar-refractivity contribution is 5.95. The minimum absolute atomic E-state index is 0.158. The van der Waals surface area contributed by atoms with Crippen molar-refractivity contribution in [1.29, 1.82) is 0 Å². The zero-order valence-corrected chi connectivity index (χ0v) is 10.2. The van der Waals surface area contributed by atoms with Gasteiger partial charge in [0.1, 0.15) is 5.75 Å². The van der Waals surface area contributed by atoms with E-state index in [0.717, 1.165) is 0 Å². The summed E-state index contributed by atoms with van der Waals surface area (Å²) in [6, 6.07) is 4.87. The summed E-state index contributed by atoms with van der Waals surface area (Å²) in [5.74, 6) is 5.32. The maximum atomic E-state index is 11.3. The zero-order chi connectivity index (χ0) is 13.5. The standard InChI is InChI=1S/C13H14N2O3/c1-9(16)15-7-3-4-10-5-6-11(18-2)8-12(10)13(14)17/h5-6,8H,7H2,1-2H3,(H2,14,17)(H,15,16). The summed E-state index contributed by atoms with van der Waals surface area (Å²) < 4.78 is 5.00. The van der Waals surface area contributed by atoms with E-state index in [4.69, 9.17) is 10.5 Å². The molecule has 1 aromatic rings. The van der Waals surface area contributed by atoms with Crippen LogP contribution in [0.3, 0.4) is 0 Å². The Morgan fingerprint density at radius 2 is 2.17 bits per heavy atom. The molecule has 0 atom stereocenters. The third-order valence-corrected chi connectivity index (χ3v) is 2.14. The largest absolute Gasteiger partial charge is 0.497 e. The lowest BCUT2D eigenvalue weighted by Crippen LogP contribution is -2.19. The van der Waals surface area contributed by atoms with E-state index in [1.54, 1.807) is 12.1 Å². The number of amides is 2. The normalized spacial score (nSPS) is 9.00. The first-order chi connectivity index (χ1) is 8.54. The van der Waals surface area contributed by atoms with Crippen molar-refractivity contribution < 1.29 is 14.3 Å². The van der Waals surface area contributed by atoms with Crippen molar-refractivity contribution in [3.63, 3.8) is 0 Å². The van der Waals surface area contributed by atoms with Crippen molar-refractivity contribution in [3.05, 3.63) is 29.3 Å². The highest BCUT2D eigenvalue weighted by atomic mass is 16.5. The minimum atomic E-state index is -0.572. The third kappa shape index (κ3) is 3.83. The number of hydrogen-bond acceptors (Lipinski definition) is 3. The molecule has 0 unspecified atom stereocenters. The van der Waals surface area contributed by atoms with Crippen LogP contribution >= 0.6 is 0 Å². The summed E-state index contributed by atoms with van der Waals surface area (Å²) >= 11 is 0. The molecule has 1 aromatic carbocycles. The van der Waals surface area contributed by atoms with Crippen LogP contribution < -0.4 is 15.8 Å². The third-order valence-electron chi connectivity index (χ3n) is 2.14. The molecule has 0 saturated carbocycles. The first kappa shape index (κ1) is 13.6. The van der Waals surface area contributed by atoms with Gasteiger partial charge in [-0.15, -0.1) is 0 Å². The Morgan fingerprint density at radius 1 is 1.44 bits per heavy atom. The molecule has 1 rings (SSSR count). The van der Waals surface area contributed by atoms with Crippen LogP contribution in [-0.2, 0) is 4.79 Å². The number of rotatable bonds is 3. The monoisotopic (exact) mass is 246 g/mol. The number of nitrogens with one attached hydrogen (secondary N) is 1. The lowest BCUT2D eigenvalue weighted by Gasteiger charge is -2.04. The lowest BCUT2D eigenvalue weighted by molar-refractivity contribution is -0.118. The molecule has 18 heavy (non-hydrogen) atoms. The Kier molecular flexibility index (Phi) is 4.76. The first-order valence-electron chi connectivity index (χ1n) is 5.25. The fourth-order valence-electron chi connectivity index (χ4n) is 1.27. The maximum Gasteiger partial charge on any atom is 0.250 e. The fourth-order valence-corrected chi connectivity index (χ4v) is 1.27. The first-order valence-corrected chi connectivity index (χ1v) is 5.25. The highest BCUT2D eigenvalue weighted by Crippen LogP contribution is 2.16. The molecule has 2 amide bonds. The molecule has 94 valence electrons. The van der Waals surface area contributed by atoms with Crippen molar-refractivity contribution in [2.75, 3.05) is 13.7 Å². The van der Waals surface area contributed by atoms with Crippen molar-refractivity contribution in [1.82, 2.24) is 5.32 Å². The van der Waals surface area contributed by atoms with Gasteiger partial charge in [0.05, 0.1) is 19.2 Å². The van der Waals surface area contributed by atoms with E-state index >= 15 is 0 Å². The Hall–Kier alpha value is -2.48. The molecule has 0 aliphatic heterocycles. The molecule has 0 saturated heterocycles. The van der Waals surface area contributed by atoms with E-state index in [1.165, 1.54) is 20.1 Å². The van der Waals surface area contributed by atoms with Gasteiger partial charge in [0, 0.05) is 12.5 Å². The molecule has 0 radical (unpaired) electrons. The number of carbonyl (C=O) groups excluding carboxylic acids is 2. The summed E-state index contributed by atoms with van der Waals surface area (Å²) in [5.41, 5.74) is 6.06. The molecule has 0 bridgehead atoms. The second-order valence-electron chi connectivity index (χ2n) is 3.49. The second-order valence-corrected chi connectivity index (χ2v) is 3.49. The Morgan fingerprint density at radius 3 is 2.72 bits per heavy atom. The SMILES string of the molecule is COc1ccc(C#CCNC(C)=O)c(C(N)=O)c1. The summed E-state index contributed by atoms with van der Waals surface area (Å²) in [5, 5.41) is 2.53. The zero-order valence-electron chi connectivity index (χ0n) is 10.2. The highest BCUT2D eigenvalue weighted by Gasteiger charge is 2.07. The van der Waals surface area contributed by atoms with E-state index in [2.05, 4.69) is 17.2 Å². The molecule has 0 spiro atoms. The molecule has 3 N–H and O–H groups in total. The van der Waals surface area contributed by atoms with E-state index in [0.29, 0.717) is 16.9 Å². The number of hydrogen-bond donors (Lipinski definition) is 2. The number of benzene rings is 1. The number of ether oxygens (including phenoxy) is 1. The Bertz CT molecular complexity index is 527. The summed E-state index contributed by atoms with van der Waals surface area (Å²) in [7, 11) is 1.50. The molecule has 0 fully saturated rings. The van der Waals surface area contributed by atoms with Gasteiger partial charge in [0.15, 0.2) is 0 Å². The molecule has 0 aliphatic rings. The van der Waals surface area contributed by atoms with E-state index < -0.39 is 5.91 Å². The molecular weight excluding hydrogens is 232 g/mol. The molecule has 5 heteroatoms. The van der Waals surface area contributed by atoms with E-state index in [1.807, 2.05) is 0 Å². The predicted octanol–water partition coefficient (Wildman–Crippen LogP) is 0.282. The fraction of sp³-hybridized carbons (Fsp3) is 0.231. The van der Waals surface area contributed by atoms with Gasteiger partial charge in [-0.25, -0.2) is 0 Å². The number of nitrogens with two attached hydrogens (primary N) is 1. The topological polar surface area (TPSA) is 81.4 Å². The van der Waals surface area contributed by atoms with Crippen molar-refractivity contribution >= 4 is 11.8 Å². The van der Waals surface area contributed by atoms with Crippen LogP contribution in [-0.4, -0.2) is 25.5 Å². The van der Waals surface area contributed by atoms with Crippen LogP contribution in [0.2, 0.25) is 0 Å². The predicted molar refractivity (Wildman–Crippen MR) is 67.1 cm³/mol. The average Bonchev–Trinajstić information content (AvgIpc) is 2.34.